The molecule has 0 aliphatic rings. The van der Waals surface area contributed by atoms with Crippen LogP contribution in [0.1, 0.15) is 73.8 Å². The van der Waals surface area contributed by atoms with Crippen LogP contribution in [0.15, 0.2) is 30.3 Å². The smallest absolute Gasteiger partial charge is 0.324 e. The lowest BCUT2D eigenvalue weighted by atomic mass is 9.98. The lowest BCUT2D eigenvalue weighted by Crippen LogP contribution is -2.61. The zero-order valence-electron chi connectivity index (χ0n) is 24.1. The maximum absolute atomic E-state index is 13.2. The van der Waals surface area contributed by atoms with Crippen molar-refractivity contribution in [2.24, 2.45) is 11.8 Å². The van der Waals surface area contributed by atoms with Crippen molar-refractivity contribution in [3.05, 3.63) is 35.9 Å². The Morgan fingerprint density at radius 2 is 1.66 bits per heavy atom. The van der Waals surface area contributed by atoms with Gasteiger partial charge in [-0.05, 0) is 51.0 Å². The highest BCUT2D eigenvalue weighted by Gasteiger charge is 2.41. The second-order valence-electron chi connectivity index (χ2n) is 11.5. The van der Waals surface area contributed by atoms with Crippen LogP contribution in [0.2, 0.25) is 0 Å². The van der Waals surface area contributed by atoms with Gasteiger partial charge >= 0.3 is 12.0 Å². The van der Waals surface area contributed by atoms with Crippen molar-refractivity contribution in [2.45, 2.75) is 98.4 Å². The average molecular weight is 555 g/mol. The summed E-state index contributed by atoms with van der Waals surface area (Å²) in [6.45, 7) is 15.0. The number of hydrogen-bond acceptors (Lipinski definition) is 5. The van der Waals surface area contributed by atoms with Gasteiger partial charge in [0.15, 0.2) is 0 Å². The number of hydrazine groups is 1. The predicted octanol–water partition coefficient (Wildman–Crippen LogP) is 4.53. The highest BCUT2D eigenvalue weighted by molar-refractivity contribution is 6.15. The first-order valence-electron chi connectivity index (χ1n) is 13.4. The van der Waals surface area contributed by atoms with Crippen LogP contribution >= 0.6 is 11.8 Å². The molecule has 216 valence electrons. The maximum Gasteiger partial charge on any atom is 0.324 e. The van der Waals surface area contributed by atoms with Crippen molar-refractivity contribution in [2.75, 3.05) is 13.1 Å². The molecule has 0 bridgehead atoms. The van der Waals surface area contributed by atoms with Crippen LogP contribution in [0.25, 0.3) is 0 Å². The predicted molar refractivity (Wildman–Crippen MR) is 150 cm³/mol. The minimum atomic E-state index is -1.22. The Morgan fingerprint density at radius 1 is 1.08 bits per heavy atom. The van der Waals surface area contributed by atoms with Crippen molar-refractivity contribution in [1.29, 1.82) is 0 Å². The van der Waals surface area contributed by atoms with Crippen LogP contribution in [0, 0.1) is 11.8 Å². The zero-order valence-corrected chi connectivity index (χ0v) is 24.9. The summed E-state index contributed by atoms with van der Waals surface area (Å²) in [5, 5.41) is 25.6. The molecule has 0 spiro atoms. The number of rotatable bonds is 14. The number of carboxylic acid groups (broad SMARTS) is 1. The maximum atomic E-state index is 13.2. The van der Waals surface area contributed by atoms with E-state index in [9.17, 15) is 24.6 Å². The van der Waals surface area contributed by atoms with Gasteiger partial charge in [0, 0.05) is 30.8 Å². The first kappa shape index (κ1) is 33.7. The first-order chi connectivity index (χ1) is 17.6. The lowest BCUT2D eigenvalue weighted by molar-refractivity contribution is -0.164. The number of benzene rings is 1. The van der Waals surface area contributed by atoms with Crippen molar-refractivity contribution in [1.82, 2.24) is 19.8 Å². The number of amides is 3. The van der Waals surface area contributed by atoms with E-state index in [0.717, 1.165) is 21.5 Å². The van der Waals surface area contributed by atoms with E-state index < -0.39 is 35.6 Å². The van der Waals surface area contributed by atoms with Crippen LogP contribution in [0.5, 0.6) is 0 Å². The fourth-order valence-electron chi connectivity index (χ4n) is 4.09. The number of hydrogen-bond donors (Lipinski definition) is 3. The molecule has 0 heterocycles. The molecule has 9 nitrogen and oxygen atoms in total. The van der Waals surface area contributed by atoms with Crippen LogP contribution in [-0.4, -0.2) is 79.4 Å². The molecule has 0 saturated carbocycles. The SMILES string of the molecule is CC[C@H](C)[C@@H](C(=O)O)N(Cl)N(C(C)=O)[C@@H](Cc1ccccc1)[C@H](O)CN(CCC(C)C)C(=O)NC(C)(C)C. The topological polar surface area (TPSA) is 113 Å². The molecule has 1 aromatic carbocycles. The summed E-state index contributed by atoms with van der Waals surface area (Å²) < 4.78 is 0.920. The average Bonchev–Trinajstić information content (AvgIpc) is 2.79. The monoisotopic (exact) mass is 554 g/mol. The molecule has 1 rings (SSSR count). The second kappa shape index (κ2) is 15.3. The third-order valence-corrected chi connectivity index (χ3v) is 6.77. The summed E-state index contributed by atoms with van der Waals surface area (Å²) in [5.74, 6) is -1.73. The molecule has 0 aromatic heterocycles. The van der Waals surface area contributed by atoms with Gasteiger partial charge in [-0.3, -0.25) is 14.6 Å². The van der Waals surface area contributed by atoms with E-state index in [4.69, 9.17) is 11.8 Å². The molecular weight excluding hydrogens is 508 g/mol. The Balaban J connectivity index is 3.47. The number of nitrogens with one attached hydrogen (secondary N) is 1. The lowest BCUT2D eigenvalue weighted by Gasteiger charge is -2.42. The molecule has 0 aliphatic carbocycles. The summed E-state index contributed by atoms with van der Waals surface area (Å²) in [6.07, 6.45) is 0.232. The Morgan fingerprint density at radius 3 is 2.11 bits per heavy atom. The fraction of sp³-hybridized carbons (Fsp3) is 0.679. The third kappa shape index (κ3) is 10.8. The number of urea groups is 1. The Kier molecular flexibility index (Phi) is 13.5. The van der Waals surface area contributed by atoms with E-state index in [1.807, 2.05) is 58.0 Å². The summed E-state index contributed by atoms with van der Waals surface area (Å²) in [6, 6.07) is 6.83. The van der Waals surface area contributed by atoms with Crippen molar-refractivity contribution in [3.63, 3.8) is 0 Å². The molecule has 3 N–H and O–H groups in total. The highest BCUT2D eigenvalue weighted by Crippen LogP contribution is 2.25. The van der Waals surface area contributed by atoms with Gasteiger partial charge in [-0.25, -0.2) is 4.79 Å². The van der Waals surface area contributed by atoms with Gasteiger partial charge in [-0.1, -0.05) is 64.4 Å². The van der Waals surface area contributed by atoms with Crippen molar-refractivity contribution in [3.8, 4) is 0 Å². The minimum absolute atomic E-state index is 0.0677. The van der Waals surface area contributed by atoms with E-state index in [-0.39, 0.29) is 24.9 Å². The molecule has 3 amide bonds. The number of carboxylic acids is 1. The van der Waals surface area contributed by atoms with E-state index >= 15 is 0 Å². The molecule has 38 heavy (non-hydrogen) atoms. The summed E-state index contributed by atoms with van der Waals surface area (Å²) in [4.78, 5) is 39.9. The molecule has 4 atom stereocenters. The highest BCUT2D eigenvalue weighted by atomic mass is 35.5. The van der Waals surface area contributed by atoms with Gasteiger partial charge < -0.3 is 20.4 Å². The third-order valence-electron chi connectivity index (χ3n) is 6.39. The summed E-state index contributed by atoms with van der Waals surface area (Å²) in [7, 11) is 0. The van der Waals surface area contributed by atoms with Gasteiger partial charge in [0.25, 0.3) is 0 Å². The van der Waals surface area contributed by atoms with Gasteiger partial charge in [0.1, 0.15) is 6.04 Å². The quantitative estimate of drug-likeness (QED) is 0.230. The molecule has 0 saturated heterocycles. The largest absolute Gasteiger partial charge is 0.480 e. The van der Waals surface area contributed by atoms with E-state index in [1.54, 1.807) is 11.8 Å². The number of carbonyl (C=O) groups is 3. The number of halogens is 1. The number of carbonyl (C=O) groups excluding carboxylic acids is 2. The second-order valence-corrected chi connectivity index (χ2v) is 11.8. The van der Waals surface area contributed by atoms with Crippen LogP contribution in [-0.2, 0) is 16.0 Å². The van der Waals surface area contributed by atoms with Gasteiger partial charge in [0.05, 0.1) is 18.7 Å². The molecule has 1 aromatic rings. The van der Waals surface area contributed by atoms with E-state index in [0.29, 0.717) is 18.9 Å². The fourth-order valence-corrected chi connectivity index (χ4v) is 4.58. The molecule has 0 unspecified atom stereocenters. The Bertz CT molecular complexity index is 893. The summed E-state index contributed by atoms with van der Waals surface area (Å²) in [5.41, 5.74) is 0.349. The van der Waals surface area contributed by atoms with Crippen molar-refractivity contribution >= 4 is 29.7 Å². The van der Waals surface area contributed by atoms with Crippen LogP contribution in [0.3, 0.4) is 0 Å². The number of aliphatic carboxylic acids is 1. The molecule has 0 fully saturated rings. The van der Waals surface area contributed by atoms with Crippen LogP contribution < -0.4 is 5.32 Å². The number of nitrogens with zero attached hydrogens (tertiary/aromatic N) is 3. The number of aliphatic hydroxyl groups is 1. The van der Waals surface area contributed by atoms with Gasteiger partial charge in [-0.15, -0.1) is 4.53 Å². The van der Waals surface area contributed by atoms with Gasteiger partial charge in [-0.2, -0.15) is 0 Å². The molecule has 10 heteroatoms. The molecule has 0 radical (unpaired) electrons. The van der Waals surface area contributed by atoms with Gasteiger partial charge in [0.2, 0.25) is 5.91 Å². The molecule has 0 aliphatic heterocycles. The number of aliphatic hydroxyl groups excluding tert-OH is 1. The summed E-state index contributed by atoms with van der Waals surface area (Å²) >= 11 is 6.62. The van der Waals surface area contributed by atoms with Crippen molar-refractivity contribution < 1.29 is 24.6 Å². The minimum Gasteiger partial charge on any atom is -0.480 e. The Hall–Kier alpha value is -2.36. The molecular formula is C28H47ClN4O5. The normalized spacial score (nSPS) is 15.1. The van der Waals surface area contributed by atoms with E-state index in [1.165, 1.54) is 6.92 Å². The standard InChI is InChI=1S/C28H47ClN4O5/c1-9-20(4)25(26(36)37)33(29)32(21(5)34)23(17-22-13-11-10-12-14-22)24(35)18-31(16-15-19(2)3)27(38)30-28(6,7)8/h10-14,19-20,23-25,35H,9,15-18H2,1-8H3,(H,30,38)(H,36,37)/t20-,23-,24+,25-/m0/s1. The first-order valence-corrected chi connectivity index (χ1v) is 13.7. The zero-order chi connectivity index (χ0) is 29.2. The van der Waals surface area contributed by atoms with E-state index in [2.05, 4.69) is 19.2 Å². The Labute approximate surface area is 233 Å². The van der Waals surface area contributed by atoms with Crippen LogP contribution in [0.4, 0.5) is 4.79 Å².